The largest absolute Gasteiger partial charge is 0.497 e. The van der Waals surface area contributed by atoms with Crippen LogP contribution in [0.15, 0.2) is 41.4 Å². The first-order chi connectivity index (χ1) is 12.6. The van der Waals surface area contributed by atoms with Gasteiger partial charge in [0, 0.05) is 12.1 Å². The average molecular weight is 354 g/mol. The quantitative estimate of drug-likeness (QED) is 0.896. The zero-order valence-corrected chi connectivity index (χ0v) is 15.3. The first-order valence-corrected chi connectivity index (χ1v) is 8.31. The number of rotatable bonds is 5. The summed E-state index contributed by atoms with van der Waals surface area (Å²) < 4.78 is 16.1. The van der Waals surface area contributed by atoms with Crippen LogP contribution in [-0.2, 0) is 11.2 Å². The summed E-state index contributed by atoms with van der Waals surface area (Å²) in [6.07, 6.45) is 0.480. The predicted octanol–water partition coefficient (Wildman–Crippen LogP) is 3.08. The highest BCUT2D eigenvalue weighted by Crippen LogP contribution is 2.38. The number of fused-ring (bicyclic) bond motifs is 1. The maximum absolute atomic E-state index is 12.7. The Morgan fingerprint density at radius 3 is 2.58 bits per heavy atom. The van der Waals surface area contributed by atoms with Crippen molar-refractivity contribution in [3.8, 4) is 17.2 Å². The van der Waals surface area contributed by atoms with Crippen LogP contribution in [0.1, 0.15) is 18.1 Å². The molecule has 0 fully saturated rings. The van der Waals surface area contributed by atoms with Crippen LogP contribution in [0.2, 0.25) is 0 Å². The van der Waals surface area contributed by atoms with E-state index in [-0.39, 0.29) is 5.91 Å². The molecule has 0 radical (unpaired) electrons. The molecule has 6 nitrogen and oxygen atoms in total. The first kappa shape index (κ1) is 17.8. The van der Waals surface area contributed by atoms with Crippen LogP contribution in [-0.4, -0.2) is 39.0 Å². The molecule has 0 aliphatic carbocycles. The molecule has 1 aliphatic rings. The monoisotopic (exact) mass is 354 g/mol. The Morgan fingerprint density at radius 2 is 1.88 bits per heavy atom. The van der Waals surface area contributed by atoms with Crippen molar-refractivity contribution in [1.82, 2.24) is 0 Å². The minimum Gasteiger partial charge on any atom is -0.497 e. The number of aliphatic imine (C=N–C) groups is 1. The molecule has 136 valence electrons. The van der Waals surface area contributed by atoms with Gasteiger partial charge in [-0.25, -0.2) is 0 Å². The number of carbonyl (C=O) groups excluding carboxylic acids is 1. The molecule has 0 aromatic heterocycles. The second-order valence-corrected chi connectivity index (χ2v) is 6.00. The molecule has 1 heterocycles. The lowest BCUT2D eigenvalue weighted by atomic mass is 10.1. The normalized spacial score (nSPS) is 16.1. The second kappa shape index (κ2) is 7.47. The zero-order valence-electron chi connectivity index (χ0n) is 15.3. The highest BCUT2D eigenvalue weighted by molar-refractivity contribution is 6.13. The Kier molecular flexibility index (Phi) is 5.11. The average Bonchev–Trinajstić information content (AvgIpc) is 2.77. The molecule has 2 aromatic carbocycles. The Balaban J connectivity index is 1.98. The second-order valence-electron chi connectivity index (χ2n) is 6.00. The van der Waals surface area contributed by atoms with Crippen molar-refractivity contribution < 1.29 is 19.0 Å². The van der Waals surface area contributed by atoms with Crippen molar-refractivity contribution >= 4 is 17.3 Å². The maximum atomic E-state index is 12.7. The van der Waals surface area contributed by atoms with Gasteiger partial charge in [0.15, 0.2) is 11.5 Å². The Morgan fingerprint density at radius 1 is 1.08 bits per heavy atom. The van der Waals surface area contributed by atoms with Gasteiger partial charge >= 0.3 is 0 Å². The number of nitrogens with one attached hydrogen (secondary N) is 1. The Bertz CT molecular complexity index is 861. The molecule has 1 atom stereocenters. The van der Waals surface area contributed by atoms with E-state index in [0.29, 0.717) is 23.6 Å². The van der Waals surface area contributed by atoms with E-state index in [1.54, 1.807) is 27.4 Å². The summed E-state index contributed by atoms with van der Waals surface area (Å²) in [5, 5.41) is 2.96. The summed E-state index contributed by atoms with van der Waals surface area (Å²) in [5.41, 5.74) is 3.12. The fraction of sp³-hybridized carbons (Fsp3) is 0.300. The molecule has 26 heavy (non-hydrogen) atoms. The predicted molar refractivity (Wildman–Crippen MR) is 101 cm³/mol. The molecule has 0 spiro atoms. The van der Waals surface area contributed by atoms with E-state index >= 15 is 0 Å². The summed E-state index contributed by atoms with van der Waals surface area (Å²) in [6, 6.07) is 10.7. The Labute approximate surface area is 152 Å². The molecule has 6 heteroatoms. The number of carbonyl (C=O) groups is 1. The van der Waals surface area contributed by atoms with E-state index in [4.69, 9.17) is 14.2 Å². The van der Waals surface area contributed by atoms with Gasteiger partial charge in [0.25, 0.3) is 0 Å². The summed E-state index contributed by atoms with van der Waals surface area (Å²) in [5.74, 6) is 1.76. The fourth-order valence-electron chi connectivity index (χ4n) is 3.12. The number of hydrogen-bond donors (Lipinski definition) is 1. The molecule has 3 rings (SSSR count). The number of nitrogens with zero attached hydrogens (tertiary/aromatic N) is 1. The minimum atomic E-state index is -0.537. The SMILES string of the molecule is COc1cccc(CC2N=C(C)c3c(ccc(OC)c3OC)NC2=O)c1. The van der Waals surface area contributed by atoms with E-state index in [0.717, 1.165) is 22.6 Å². The van der Waals surface area contributed by atoms with Gasteiger partial charge in [-0.2, -0.15) is 0 Å². The number of amides is 1. The molecule has 1 unspecified atom stereocenters. The van der Waals surface area contributed by atoms with Crippen LogP contribution in [0.25, 0.3) is 0 Å². The van der Waals surface area contributed by atoms with E-state index in [1.807, 2.05) is 37.3 Å². The molecule has 0 saturated heterocycles. The van der Waals surface area contributed by atoms with Crippen LogP contribution < -0.4 is 19.5 Å². The molecular formula is C20H22N2O4. The fourth-order valence-corrected chi connectivity index (χ4v) is 3.12. The van der Waals surface area contributed by atoms with Crippen molar-refractivity contribution in [2.75, 3.05) is 26.6 Å². The summed E-state index contributed by atoms with van der Waals surface area (Å²) in [7, 11) is 4.78. The minimum absolute atomic E-state index is 0.155. The highest BCUT2D eigenvalue weighted by atomic mass is 16.5. The van der Waals surface area contributed by atoms with Crippen LogP contribution in [0, 0.1) is 0 Å². The van der Waals surface area contributed by atoms with E-state index < -0.39 is 6.04 Å². The van der Waals surface area contributed by atoms with Crippen molar-refractivity contribution in [1.29, 1.82) is 0 Å². The molecule has 1 amide bonds. The lowest BCUT2D eigenvalue weighted by Crippen LogP contribution is -2.27. The van der Waals surface area contributed by atoms with Gasteiger partial charge in [-0.05, 0) is 36.8 Å². The van der Waals surface area contributed by atoms with E-state index in [2.05, 4.69) is 10.3 Å². The molecule has 1 N–H and O–H groups in total. The van der Waals surface area contributed by atoms with Gasteiger partial charge in [-0.15, -0.1) is 0 Å². The number of anilines is 1. The Hall–Kier alpha value is -3.02. The lowest BCUT2D eigenvalue weighted by molar-refractivity contribution is -0.117. The van der Waals surface area contributed by atoms with Crippen LogP contribution in [0.5, 0.6) is 17.2 Å². The third-order valence-corrected chi connectivity index (χ3v) is 4.38. The number of ether oxygens (including phenoxy) is 3. The smallest absolute Gasteiger partial charge is 0.249 e. The van der Waals surface area contributed by atoms with Crippen molar-refractivity contribution in [2.24, 2.45) is 4.99 Å². The van der Waals surface area contributed by atoms with Crippen molar-refractivity contribution in [3.05, 3.63) is 47.5 Å². The van der Waals surface area contributed by atoms with Crippen LogP contribution >= 0.6 is 0 Å². The lowest BCUT2D eigenvalue weighted by Gasteiger charge is -2.15. The third kappa shape index (κ3) is 3.35. The standard InChI is InChI=1S/C20H22N2O4/c1-12-18-15(8-9-17(25-3)19(18)26-4)22-20(23)16(21-12)11-13-6-5-7-14(10-13)24-2/h5-10,16H,11H2,1-4H3,(H,22,23). The topological polar surface area (TPSA) is 69.2 Å². The first-order valence-electron chi connectivity index (χ1n) is 8.31. The van der Waals surface area contributed by atoms with Gasteiger partial charge in [0.2, 0.25) is 5.91 Å². The number of benzodiazepines with no additional fused rings is 1. The van der Waals surface area contributed by atoms with Gasteiger partial charge < -0.3 is 19.5 Å². The van der Waals surface area contributed by atoms with Gasteiger partial charge in [0.1, 0.15) is 11.8 Å². The summed E-state index contributed by atoms with van der Waals surface area (Å²) >= 11 is 0. The van der Waals surface area contributed by atoms with Crippen molar-refractivity contribution in [2.45, 2.75) is 19.4 Å². The number of benzene rings is 2. The number of methoxy groups -OCH3 is 3. The van der Waals surface area contributed by atoms with Gasteiger partial charge in [-0.3, -0.25) is 9.79 Å². The van der Waals surface area contributed by atoms with Gasteiger partial charge in [0.05, 0.1) is 32.6 Å². The zero-order chi connectivity index (χ0) is 18.7. The molecule has 0 saturated carbocycles. The van der Waals surface area contributed by atoms with Crippen LogP contribution in [0.4, 0.5) is 5.69 Å². The molecule has 1 aliphatic heterocycles. The van der Waals surface area contributed by atoms with Crippen LogP contribution in [0.3, 0.4) is 0 Å². The summed E-state index contributed by atoms with van der Waals surface area (Å²) in [6.45, 7) is 1.87. The van der Waals surface area contributed by atoms with Crippen molar-refractivity contribution in [3.63, 3.8) is 0 Å². The van der Waals surface area contributed by atoms with Gasteiger partial charge in [-0.1, -0.05) is 12.1 Å². The van der Waals surface area contributed by atoms with E-state index in [9.17, 15) is 4.79 Å². The maximum Gasteiger partial charge on any atom is 0.249 e. The third-order valence-electron chi connectivity index (χ3n) is 4.38. The highest BCUT2D eigenvalue weighted by Gasteiger charge is 2.27. The molecular weight excluding hydrogens is 332 g/mol. The van der Waals surface area contributed by atoms with E-state index in [1.165, 1.54) is 0 Å². The summed E-state index contributed by atoms with van der Waals surface area (Å²) in [4.78, 5) is 17.4. The molecule has 2 aromatic rings. The molecule has 0 bridgehead atoms. The number of hydrogen-bond acceptors (Lipinski definition) is 5.